The van der Waals surface area contributed by atoms with Crippen molar-refractivity contribution >= 4 is 24.2 Å². The van der Waals surface area contributed by atoms with Gasteiger partial charge < -0.3 is 24.6 Å². The third kappa shape index (κ3) is 4.27. The molecule has 3 aliphatic rings. The van der Waals surface area contributed by atoms with Crippen molar-refractivity contribution in [1.82, 2.24) is 15.1 Å². The van der Waals surface area contributed by atoms with Crippen LogP contribution in [0.25, 0.3) is 0 Å². The molecule has 1 unspecified atom stereocenters. The lowest BCUT2D eigenvalue weighted by atomic mass is 9.81. The SMILES string of the molecule is CO[C@H]1CCN(C(=O)CC2(C(=O)N3CC[C@H](OC)C3)CCNC2)C1.Cl. The zero-order valence-corrected chi connectivity index (χ0v) is 16.0. The molecule has 0 aromatic rings. The van der Waals surface area contributed by atoms with Gasteiger partial charge in [0.15, 0.2) is 0 Å². The van der Waals surface area contributed by atoms with E-state index in [1.807, 2.05) is 9.80 Å². The van der Waals surface area contributed by atoms with Crippen LogP contribution in [0.2, 0.25) is 0 Å². The molecule has 2 amide bonds. The van der Waals surface area contributed by atoms with E-state index < -0.39 is 5.41 Å². The van der Waals surface area contributed by atoms with Gasteiger partial charge in [-0.2, -0.15) is 0 Å². The van der Waals surface area contributed by atoms with Crippen molar-refractivity contribution in [3.05, 3.63) is 0 Å². The molecule has 25 heavy (non-hydrogen) atoms. The van der Waals surface area contributed by atoms with E-state index in [-0.39, 0.29) is 36.4 Å². The Bertz CT molecular complexity index is 485. The van der Waals surface area contributed by atoms with Crippen LogP contribution in [-0.2, 0) is 19.1 Å². The first-order chi connectivity index (χ1) is 11.6. The molecule has 0 radical (unpaired) electrons. The average molecular weight is 376 g/mol. The fourth-order valence-corrected chi connectivity index (χ4v) is 4.14. The van der Waals surface area contributed by atoms with Crippen molar-refractivity contribution in [3.63, 3.8) is 0 Å². The standard InChI is InChI=1S/C17H29N3O4.ClH/c1-23-13-3-7-19(10-13)15(21)9-17(5-6-18-12-17)16(22)20-8-4-14(11-20)24-2;/h13-14,18H,3-12H2,1-2H3;1H/t13-,14-,17?;/m0./s1. The molecule has 3 heterocycles. The van der Waals surface area contributed by atoms with Crippen molar-refractivity contribution in [3.8, 4) is 0 Å². The third-order valence-electron chi connectivity index (χ3n) is 5.78. The van der Waals surface area contributed by atoms with Crippen molar-refractivity contribution in [1.29, 1.82) is 0 Å². The van der Waals surface area contributed by atoms with Gasteiger partial charge in [-0.3, -0.25) is 9.59 Å². The maximum absolute atomic E-state index is 13.1. The molecular weight excluding hydrogens is 346 g/mol. The Kier molecular flexibility index (Phi) is 7.08. The van der Waals surface area contributed by atoms with E-state index in [9.17, 15) is 9.59 Å². The predicted molar refractivity (Wildman–Crippen MR) is 95.8 cm³/mol. The molecule has 3 saturated heterocycles. The number of nitrogens with zero attached hydrogens (tertiary/aromatic N) is 2. The highest BCUT2D eigenvalue weighted by Gasteiger charge is 2.47. The van der Waals surface area contributed by atoms with Gasteiger partial charge in [0.25, 0.3) is 0 Å². The van der Waals surface area contributed by atoms with Gasteiger partial charge in [-0.25, -0.2) is 0 Å². The molecule has 3 aliphatic heterocycles. The zero-order chi connectivity index (χ0) is 17.2. The summed E-state index contributed by atoms with van der Waals surface area (Å²) in [6.45, 7) is 4.12. The number of likely N-dealkylation sites (tertiary alicyclic amines) is 2. The first-order valence-electron chi connectivity index (χ1n) is 8.91. The van der Waals surface area contributed by atoms with Crippen LogP contribution in [0.3, 0.4) is 0 Å². The molecule has 7 nitrogen and oxygen atoms in total. The second-order valence-electron chi connectivity index (χ2n) is 7.27. The summed E-state index contributed by atoms with van der Waals surface area (Å²) in [6.07, 6.45) is 3.03. The second kappa shape index (κ2) is 8.66. The molecule has 3 fully saturated rings. The summed E-state index contributed by atoms with van der Waals surface area (Å²) < 4.78 is 10.7. The van der Waals surface area contributed by atoms with E-state index in [1.165, 1.54) is 0 Å². The average Bonchev–Trinajstić information content (AvgIpc) is 3.33. The number of halogens is 1. The fraction of sp³-hybridized carbons (Fsp3) is 0.882. The van der Waals surface area contributed by atoms with Crippen molar-refractivity contribution < 1.29 is 19.1 Å². The van der Waals surface area contributed by atoms with Crippen LogP contribution in [0.4, 0.5) is 0 Å². The van der Waals surface area contributed by atoms with Crippen molar-refractivity contribution in [2.75, 3.05) is 53.5 Å². The summed E-state index contributed by atoms with van der Waals surface area (Å²) in [5.41, 5.74) is -0.592. The quantitative estimate of drug-likeness (QED) is 0.747. The molecule has 0 spiro atoms. The van der Waals surface area contributed by atoms with E-state index in [1.54, 1.807) is 14.2 Å². The van der Waals surface area contributed by atoms with E-state index in [0.717, 1.165) is 38.9 Å². The Morgan fingerprint density at radius 2 is 1.68 bits per heavy atom. The largest absolute Gasteiger partial charge is 0.380 e. The Labute approximate surface area is 155 Å². The smallest absolute Gasteiger partial charge is 0.230 e. The van der Waals surface area contributed by atoms with Gasteiger partial charge in [0.1, 0.15) is 0 Å². The number of hydrogen-bond donors (Lipinski definition) is 1. The molecule has 1 N–H and O–H groups in total. The van der Waals surface area contributed by atoms with Gasteiger partial charge in [0, 0.05) is 53.4 Å². The Morgan fingerprint density at radius 1 is 1.08 bits per heavy atom. The normalized spacial score (nSPS) is 32.1. The van der Waals surface area contributed by atoms with Crippen LogP contribution in [-0.4, -0.2) is 87.3 Å². The third-order valence-corrected chi connectivity index (χ3v) is 5.78. The van der Waals surface area contributed by atoms with E-state index in [0.29, 0.717) is 26.1 Å². The lowest BCUT2D eigenvalue weighted by molar-refractivity contribution is -0.146. The van der Waals surface area contributed by atoms with Crippen LogP contribution in [0.1, 0.15) is 25.7 Å². The number of amides is 2. The van der Waals surface area contributed by atoms with Crippen LogP contribution < -0.4 is 5.32 Å². The Morgan fingerprint density at radius 3 is 2.20 bits per heavy atom. The van der Waals surface area contributed by atoms with Crippen molar-refractivity contribution in [2.24, 2.45) is 5.41 Å². The van der Waals surface area contributed by atoms with Gasteiger partial charge >= 0.3 is 0 Å². The summed E-state index contributed by atoms with van der Waals surface area (Å²) in [5.74, 6) is 0.192. The lowest BCUT2D eigenvalue weighted by Gasteiger charge is -2.32. The number of nitrogens with one attached hydrogen (secondary N) is 1. The number of hydrogen-bond acceptors (Lipinski definition) is 5. The van der Waals surface area contributed by atoms with Gasteiger partial charge in [-0.05, 0) is 25.8 Å². The predicted octanol–water partition coefficient (Wildman–Crippen LogP) is 0.273. The maximum Gasteiger partial charge on any atom is 0.230 e. The van der Waals surface area contributed by atoms with Crippen LogP contribution in [0.15, 0.2) is 0 Å². The topological polar surface area (TPSA) is 71.1 Å². The lowest BCUT2D eigenvalue weighted by Crippen LogP contribution is -2.47. The molecule has 0 saturated carbocycles. The molecule has 144 valence electrons. The summed E-state index contributed by atoms with van der Waals surface area (Å²) in [4.78, 5) is 29.6. The highest BCUT2D eigenvalue weighted by atomic mass is 35.5. The van der Waals surface area contributed by atoms with Gasteiger partial charge in [0.2, 0.25) is 11.8 Å². The van der Waals surface area contributed by atoms with Gasteiger partial charge in [-0.1, -0.05) is 0 Å². The Hall–Kier alpha value is -0.890. The number of methoxy groups -OCH3 is 2. The zero-order valence-electron chi connectivity index (χ0n) is 15.2. The molecular formula is C17H30ClN3O4. The first kappa shape index (κ1) is 20.4. The highest BCUT2D eigenvalue weighted by Crippen LogP contribution is 2.34. The summed E-state index contributed by atoms with van der Waals surface area (Å²) in [6, 6.07) is 0. The minimum absolute atomic E-state index is 0. The molecule has 0 bridgehead atoms. The number of rotatable bonds is 5. The second-order valence-corrected chi connectivity index (χ2v) is 7.27. The molecule has 3 atom stereocenters. The molecule has 3 rings (SSSR count). The minimum atomic E-state index is -0.592. The van der Waals surface area contributed by atoms with Gasteiger partial charge in [0.05, 0.1) is 17.6 Å². The molecule has 0 aromatic carbocycles. The van der Waals surface area contributed by atoms with Crippen LogP contribution in [0, 0.1) is 5.41 Å². The maximum atomic E-state index is 13.1. The molecule has 8 heteroatoms. The van der Waals surface area contributed by atoms with Gasteiger partial charge in [-0.15, -0.1) is 12.4 Å². The van der Waals surface area contributed by atoms with Crippen LogP contribution in [0.5, 0.6) is 0 Å². The van der Waals surface area contributed by atoms with E-state index in [2.05, 4.69) is 5.32 Å². The van der Waals surface area contributed by atoms with E-state index >= 15 is 0 Å². The van der Waals surface area contributed by atoms with E-state index in [4.69, 9.17) is 9.47 Å². The first-order valence-corrected chi connectivity index (χ1v) is 8.91. The number of carbonyl (C=O) groups excluding carboxylic acids is 2. The summed E-state index contributed by atoms with van der Waals surface area (Å²) in [5, 5.41) is 3.28. The van der Waals surface area contributed by atoms with Crippen molar-refractivity contribution in [2.45, 2.75) is 37.9 Å². The molecule has 0 aliphatic carbocycles. The number of ether oxygens (including phenoxy) is 2. The summed E-state index contributed by atoms with van der Waals surface area (Å²) >= 11 is 0. The minimum Gasteiger partial charge on any atom is -0.380 e. The summed E-state index contributed by atoms with van der Waals surface area (Å²) in [7, 11) is 3.37. The molecule has 0 aromatic heterocycles. The monoisotopic (exact) mass is 375 g/mol. The fourth-order valence-electron chi connectivity index (χ4n) is 4.14. The Balaban J connectivity index is 0.00000225. The highest BCUT2D eigenvalue weighted by molar-refractivity contribution is 5.90. The van der Waals surface area contributed by atoms with Crippen LogP contribution >= 0.6 is 12.4 Å². The number of carbonyl (C=O) groups is 2.